The Labute approximate surface area is 91.0 Å². The number of hydrogen-bond acceptors (Lipinski definition) is 2. The van der Waals surface area contributed by atoms with Crippen molar-refractivity contribution in [3.05, 3.63) is 0 Å². The SMILES string of the molecule is C#C[C@H]1[C@H]([C@@H](O)[C@@H]2C[C@@H]2CC)C[C@@H]2O[C@H]12. The summed E-state index contributed by atoms with van der Waals surface area (Å²) in [6, 6.07) is 0. The van der Waals surface area contributed by atoms with Crippen LogP contribution in [0.5, 0.6) is 0 Å². The lowest BCUT2D eigenvalue weighted by Crippen LogP contribution is -2.29. The Kier molecular flexibility index (Phi) is 2.09. The fraction of sp³-hybridized carbons (Fsp3) is 0.846. The molecule has 3 fully saturated rings. The summed E-state index contributed by atoms with van der Waals surface area (Å²) in [5, 5.41) is 10.3. The van der Waals surface area contributed by atoms with Crippen LogP contribution in [0, 0.1) is 36.0 Å². The van der Waals surface area contributed by atoms with E-state index in [1.165, 1.54) is 12.8 Å². The quantitative estimate of drug-likeness (QED) is 0.559. The molecule has 2 nitrogen and oxygen atoms in total. The van der Waals surface area contributed by atoms with Crippen molar-refractivity contribution < 1.29 is 9.84 Å². The highest BCUT2D eigenvalue weighted by Crippen LogP contribution is 2.53. The van der Waals surface area contributed by atoms with Crippen LogP contribution in [0.1, 0.15) is 26.2 Å². The number of epoxide rings is 1. The molecule has 0 spiro atoms. The lowest BCUT2D eigenvalue weighted by Gasteiger charge is -2.23. The minimum Gasteiger partial charge on any atom is -0.392 e. The van der Waals surface area contributed by atoms with E-state index in [1.54, 1.807) is 0 Å². The van der Waals surface area contributed by atoms with Crippen molar-refractivity contribution in [3.63, 3.8) is 0 Å². The Hall–Kier alpha value is -0.520. The number of ether oxygens (including phenoxy) is 1. The number of aliphatic hydroxyl groups excluding tert-OH is 1. The monoisotopic (exact) mass is 206 g/mol. The zero-order valence-electron chi connectivity index (χ0n) is 9.10. The van der Waals surface area contributed by atoms with Crippen LogP contribution in [-0.4, -0.2) is 23.4 Å². The van der Waals surface area contributed by atoms with E-state index >= 15 is 0 Å². The molecule has 15 heavy (non-hydrogen) atoms. The lowest BCUT2D eigenvalue weighted by atomic mass is 9.87. The summed E-state index contributed by atoms with van der Waals surface area (Å²) in [6.45, 7) is 2.20. The van der Waals surface area contributed by atoms with Crippen molar-refractivity contribution in [3.8, 4) is 12.3 Å². The van der Waals surface area contributed by atoms with Crippen molar-refractivity contribution in [2.45, 2.75) is 44.5 Å². The molecule has 1 saturated heterocycles. The van der Waals surface area contributed by atoms with Gasteiger partial charge in [-0.1, -0.05) is 13.3 Å². The normalized spacial score (nSPS) is 53.1. The molecule has 0 radical (unpaired) electrons. The van der Waals surface area contributed by atoms with Crippen molar-refractivity contribution in [1.82, 2.24) is 0 Å². The van der Waals surface area contributed by atoms with Crippen LogP contribution >= 0.6 is 0 Å². The van der Waals surface area contributed by atoms with Crippen molar-refractivity contribution >= 4 is 0 Å². The van der Waals surface area contributed by atoms with Gasteiger partial charge in [-0.15, -0.1) is 12.3 Å². The maximum Gasteiger partial charge on any atom is 0.0982 e. The third-order valence-corrected chi connectivity index (χ3v) is 4.51. The summed E-state index contributed by atoms with van der Waals surface area (Å²) in [5.41, 5.74) is 0. The molecule has 3 rings (SSSR count). The molecule has 3 aliphatic rings. The van der Waals surface area contributed by atoms with Crippen LogP contribution in [0.15, 0.2) is 0 Å². The number of rotatable bonds is 3. The largest absolute Gasteiger partial charge is 0.392 e. The second-order valence-electron chi connectivity index (χ2n) is 5.29. The molecular weight excluding hydrogens is 188 g/mol. The van der Waals surface area contributed by atoms with Gasteiger partial charge in [0.05, 0.1) is 24.2 Å². The first-order chi connectivity index (χ1) is 7.26. The van der Waals surface area contributed by atoms with E-state index in [0.29, 0.717) is 17.9 Å². The Morgan fingerprint density at radius 3 is 2.87 bits per heavy atom. The topological polar surface area (TPSA) is 32.8 Å². The molecule has 0 aromatic heterocycles. The van der Waals surface area contributed by atoms with E-state index in [1.807, 2.05) is 0 Å². The van der Waals surface area contributed by atoms with Gasteiger partial charge in [0.1, 0.15) is 0 Å². The van der Waals surface area contributed by atoms with Crippen molar-refractivity contribution in [2.24, 2.45) is 23.7 Å². The molecule has 0 aromatic rings. The van der Waals surface area contributed by atoms with E-state index in [4.69, 9.17) is 11.2 Å². The Morgan fingerprint density at radius 2 is 2.27 bits per heavy atom. The first-order valence-corrected chi connectivity index (χ1v) is 6.06. The van der Waals surface area contributed by atoms with Gasteiger partial charge in [0.2, 0.25) is 0 Å². The first kappa shape index (κ1) is 9.69. The third kappa shape index (κ3) is 1.41. The molecule has 7 atom stereocenters. The maximum absolute atomic E-state index is 10.3. The summed E-state index contributed by atoms with van der Waals surface area (Å²) in [7, 11) is 0. The predicted octanol–water partition coefficient (Wildman–Crippen LogP) is 1.43. The molecule has 82 valence electrons. The molecule has 2 heteroatoms. The number of fused-ring (bicyclic) bond motifs is 1. The Bertz CT molecular complexity index is 306. The van der Waals surface area contributed by atoms with E-state index in [0.717, 1.165) is 12.3 Å². The zero-order chi connectivity index (χ0) is 10.6. The van der Waals surface area contributed by atoms with Gasteiger partial charge in [-0.05, 0) is 24.7 Å². The van der Waals surface area contributed by atoms with Crippen LogP contribution in [0.3, 0.4) is 0 Å². The molecule has 2 aliphatic carbocycles. The van der Waals surface area contributed by atoms with Gasteiger partial charge in [0.25, 0.3) is 0 Å². The summed E-state index contributed by atoms with van der Waals surface area (Å²) in [4.78, 5) is 0. The average molecular weight is 206 g/mol. The van der Waals surface area contributed by atoms with E-state index < -0.39 is 0 Å². The molecule has 2 saturated carbocycles. The van der Waals surface area contributed by atoms with Gasteiger partial charge in [-0.2, -0.15) is 0 Å². The Morgan fingerprint density at radius 1 is 1.47 bits per heavy atom. The van der Waals surface area contributed by atoms with Crippen molar-refractivity contribution in [1.29, 1.82) is 0 Å². The fourth-order valence-corrected chi connectivity index (χ4v) is 3.37. The average Bonchev–Trinajstić information content (AvgIpc) is 3.14. The van der Waals surface area contributed by atoms with Gasteiger partial charge in [0.15, 0.2) is 0 Å². The highest BCUT2D eigenvalue weighted by atomic mass is 16.6. The summed E-state index contributed by atoms with van der Waals surface area (Å²) < 4.78 is 5.44. The minimum absolute atomic E-state index is 0.170. The summed E-state index contributed by atoms with van der Waals surface area (Å²) in [5.74, 6) is 4.56. The minimum atomic E-state index is -0.174. The molecule has 0 bridgehead atoms. The standard InChI is InChI=1S/C13H18O2/c1-3-7-5-9(7)12(14)10-6-11-13(15-11)8(10)4-2/h2,7-14H,3,5-6H2,1H3/t7-,8-,9+,10+,11-,12-,13+/m0/s1. The second-order valence-corrected chi connectivity index (χ2v) is 5.29. The molecule has 0 unspecified atom stereocenters. The van der Waals surface area contributed by atoms with Crippen LogP contribution in [-0.2, 0) is 4.74 Å². The molecule has 0 aromatic carbocycles. The zero-order valence-corrected chi connectivity index (χ0v) is 9.10. The van der Waals surface area contributed by atoms with Gasteiger partial charge < -0.3 is 9.84 Å². The fourth-order valence-electron chi connectivity index (χ4n) is 3.37. The Balaban J connectivity index is 1.65. The number of aliphatic hydroxyl groups is 1. The van der Waals surface area contributed by atoms with E-state index in [2.05, 4.69) is 12.8 Å². The van der Waals surface area contributed by atoms with Gasteiger partial charge >= 0.3 is 0 Å². The van der Waals surface area contributed by atoms with Gasteiger partial charge in [0, 0.05) is 5.92 Å². The number of terminal acetylenes is 1. The molecule has 0 amide bonds. The molecule has 1 aliphatic heterocycles. The van der Waals surface area contributed by atoms with Crippen LogP contribution in [0.2, 0.25) is 0 Å². The van der Waals surface area contributed by atoms with Crippen LogP contribution < -0.4 is 0 Å². The van der Waals surface area contributed by atoms with E-state index in [-0.39, 0.29) is 18.1 Å². The molecular formula is C13H18O2. The second kappa shape index (κ2) is 3.23. The lowest BCUT2D eigenvalue weighted by molar-refractivity contribution is 0.0473. The first-order valence-electron chi connectivity index (χ1n) is 6.06. The number of hydrogen-bond donors (Lipinski definition) is 1. The van der Waals surface area contributed by atoms with Crippen LogP contribution in [0.4, 0.5) is 0 Å². The van der Waals surface area contributed by atoms with E-state index in [9.17, 15) is 5.11 Å². The smallest absolute Gasteiger partial charge is 0.0982 e. The highest BCUT2D eigenvalue weighted by Gasteiger charge is 2.59. The maximum atomic E-state index is 10.3. The predicted molar refractivity (Wildman–Crippen MR) is 57.0 cm³/mol. The highest BCUT2D eigenvalue weighted by molar-refractivity contribution is 5.16. The van der Waals surface area contributed by atoms with Gasteiger partial charge in [-0.3, -0.25) is 0 Å². The van der Waals surface area contributed by atoms with Gasteiger partial charge in [-0.25, -0.2) is 0 Å². The van der Waals surface area contributed by atoms with Crippen molar-refractivity contribution in [2.75, 3.05) is 0 Å². The van der Waals surface area contributed by atoms with Crippen LogP contribution in [0.25, 0.3) is 0 Å². The summed E-state index contributed by atoms with van der Waals surface area (Å²) in [6.07, 6.45) is 9.36. The third-order valence-electron chi connectivity index (χ3n) is 4.51. The molecule has 1 heterocycles. The molecule has 1 N–H and O–H groups in total. The summed E-state index contributed by atoms with van der Waals surface area (Å²) >= 11 is 0.